The van der Waals surface area contributed by atoms with Gasteiger partial charge in [-0.2, -0.15) is 0 Å². The van der Waals surface area contributed by atoms with Crippen LogP contribution in [0, 0.1) is 0 Å². The third kappa shape index (κ3) is 2.14. The maximum absolute atomic E-state index is 11.2. The van der Waals surface area contributed by atoms with Crippen molar-refractivity contribution in [2.24, 2.45) is 0 Å². The maximum Gasteiger partial charge on any atom is 0.320 e. The van der Waals surface area contributed by atoms with Gasteiger partial charge in [0.15, 0.2) is 11.5 Å². The van der Waals surface area contributed by atoms with E-state index in [1.54, 1.807) is 0 Å². The molecule has 2 unspecified atom stereocenters. The van der Waals surface area contributed by atoms with Crippen LogP contribution in [0.4, 0.5) is 0 Å². The molecule has 5 heteroatoms. The lowest BCUT2D eigenvalue weighted by Crippen LogP contribution is -2.37. The lowest BCUT2D eigenvalue weighted by atomic mass is 10.1. The van der Waals surface area contributed by atoms with Gasteiger partial charge in [-0.3, -0.25) is 9.69 Å². The predicted octanol–water partition coefficient (Wildman–Crippen LogP) is 2.03. The highest BCUT2D eigenvalue weighted by Crippen LogP contribution is 2.37. The summed E-state index contributed by atoms with van der Waals surface area (Å²) in [5, 5.41) is 9.25. The summed E-state index contributed by atoms with van der Waals surface area (Å²) in [6, 6.07) is 5.51. The first-order valence-corrected chi connectivity index (χ1v) is 6.55. The first-order chi connectivity index (χ1) is 9.16. The molecule has 2 aliphatic heterocycles. The molecule has 19 heavy (non-hydrogen) atoms. The van der Waals surface area contributed by atoms with Gasteiger partial charge in [0.1, 0.15) is 6.04 Å². The molecule has 0 spiro atoms. The summed E-state index contributed by atoms with van der Waals surface area (Å²) < 4.78 is 10.7. The smallest absolute Gasteiger partial charge is 0.320 e. The maximum atomic E-state index is 11.2. The normalized spacial score (nSPS) is 23.5. The molecule has 5 nitrogen and oxygen atoms in total. The van der Waals surface area contributed by atoms with Gasteiger partial charge in [-0.25, -0.2) is 0 Å². The Morgan fingerprint density at radius 3 is 3.00 bits per heavy atom. The number of rotatable bonds is 3. The number of benzene rings is 1. The molecule has 2 heterocycles. The molecule has 0 saturated carbocycles. The van der Waals surface area contributed by atoms with E-state index in [9.17, 15) is 9.90 Å². The Morgan fingerprint density at radius 1 is 1.42 bits per heavy atom. The number of carbonyl (C=O) groups is 1. The number of fused-ring (bicyclic) bond motifs is 1. The van der Waals surface area contributed by atoms with Crippen molar-refractivity contribution < 1.29 is 19.4 Å². The zero-order chi connectivity index (χ0) is 13.4. The van der Waals surface area contributed by atoms with E-state index < -0.39 is 5.97 Å². The van der Waals surface area contributed by atoms with E-state index in [0.717, 1.165) is 36.4 Å². The molecule has 2 aliphatic rings. The number of likely N-dealkylation sites (tertiary alicyclic amines) is 1. The van der Waals surface area contributed by atoms with Crippen molar-refractivity contribution in [1.29, 1.82) is 0 Å². The van der Waals surface area contributed by atoms with E-state index in [2.05, 4.69) is 0 Å². The molecule has 0 radical (unpaired) electrons. The fourth-order valence-electron chi connectivity index (χ4n) is 2.88. The fraction of sp³-hybridized carbons (Fsp3) is 0.500. The standard InChI is InChI=1S/C14H17NO4/c1-9(15-6-2-3-11(15)14(16)17)10-4-5-12-13(7-10)19-8-18-12/h4-5,7,9,11H,2-3,6,8H2,1H3,(H,16,17). The zero-order valence-corrected chi connectivity index (χ0v) is 10.8. The second-order valence-electron chi connectivity index (χ2n) is 5.02. The van der Waals surface area contributed by atoms with E-state index in [0.29, 0.717) is 0 Å². The summed E-state index contributed by atoms with van der Waals surface area (Å²) in [6.45, 7) is 3.13. The monoisotopic (exact) mass is 263 g/mol. The van der Waals surface area contributed by atoms with Crippen molar-refractivity contribution >= 4 is 5.97 Å². The summed E-state index contributed by atoms with van der Waals surface area (Å²) in [6.07, 6.45) is 1.66. The van der Waals surface area contributed by atoms with Crippen molar-refractivity contribution in [1.82, 2.24) is 4.90 Å². The van der Waals surface area contributed by atoms with Crippen LogP contribution in [0.15, 0.2) is 18.2 Å². The molecular weight excluding hydrogens is 246 g/mol. The second-order valence-corrected chi connectivity index (χ2v) is 5.02. The number of hydrogen-bond donors (Lipinski definition) is 1. The van der Waals surface area contributed by atoms with Crippen LogP contribution in [0.1, 0.15) is 31.4 Å². The van der Waals surface area contributed by atoms with E-state index in [1.807, 2.05) is 30.0 Å². The number of nitrogens with zero attached hydrogens (tertiary/aromatic N) is 1. The fourth-order valence-corrected chi connectivity index (χ4v) is 2.88. The summed E-state index contributed by atoms with van der Waals surface area (Å²) >= 11 is 0. The van der Waals surface area contributed by atoms with Crippen LogP contribution in [0.2, 0.25) is 0 Å². The Hall–Kier alpha value is -1.75. The Morgan fingerprint density at radius 2 is 2.21 bits per heavy atom. The minimum Gasteiger partial charge on any atom is -0.480 e. The van der Waals surface area contributed by atoms with Crippen LogP contribution >= 0.6 is 0 Å². The minimum absolute atomic E-state index is 0.0677. The Bertz CT molecular complexity index is 502. The number of carboxylic acid groups (broad SMARTS) is 1. The summed E-state index contributed by atoms with van der Waals surface area (Å²) in [7, 11) is 0. The molecule has 0 aromatic heterocycles. The quantitative estimate of drug-likeness (QED) is 0.904. The van der Waals surface area contributed by atoms with E-state index in [1.165, 1.54) is 0 Å². The molecule has 1 saturated heterocycles. The van der Waals surface area contributed by atoms with Crippen molar-refractivity contribution in [2.75, 3.05) is 13.3 Å². The van der Waals surface area contributed by atoms with Crippen LogP contribution in [-0.2, 0) is 4.79 Å². The molecule has 0 bridgehead atoms. The highest BCUT2D eigenvalue weighted by atomic mass is 16.7. The number of ether oxygens (including phenoxy) is 2. The van der Waals surface area contributed by atoms with E-state index in [4.69, 9.17) is 9.47 Å². The van der Waals surface area contributed by atoms with Gasteiger partial charge < -0.3 is 14.6 Å². The predicted molar refractivity (Wildman–Crippen MR) is 68.3 cm³/mol. The third-order valence-corrected chi connectivity index (χ3v) is 3.96. The van der Waals surface area contributed by atoms with Gasteiger partial charge in [0.2, 0.25) is 6.79 Å². The lowest BCUT2D eigenvalue weighted by molar-refractivity contribution is -0.142. The van der Waals surface area contributed by atoms with Crippen LogP contribution in [-0.4, -0.2) is 35.4 Å². The highest BCUT2D eigenvalue weighted by Gasteiger charge is 2.34. The SMILES string of the molecule is CC(c1ccc2c(c1)OCO2)N1CCCC1C(=O)O. The second kappa shape index (κ2) is 4.74. The van der Waals surface area contributed by atoms with Crippen LogP contribution in [0.3, 0.4) is 0 Å². The molecule has 1 N–H and O–H groups in total. The molecule has 1 fully saturated rings. The largest absolute Gasteiger partial charge is 0.480 e. The van der Waals surface area contributed by atoms with E-state index >= 15 is 0 Å². The Kier molecular flexibility index (Phi) is 3.06. The summed E-state index contributed by atoms with van der Waals surface area (Å²) in [4.78, 5) is 13.3. The van der Waals surface area contributed by atoms with Crippen molar-refractivity contribution in [2.45, 2.75) is 31.8 Å². The van der Waals surface area contributed by atoms with Gasteiger partial charge in [-0.15, -0.1) is 0 Å². The third-order valence-electron chi connectivity index (χ3n) is 3.96. The molecule has 2 atom stereocenters. The highest BCUT2D eigenvalue weighted by molar-refractivity contribution is 5.73. The average molecular weight is 263 g/mol. The molecule has 3 rings (SSSR count). The van der Waals surface area contributed by atoms with Crippen LogP contribution < -0.4 is 9.47 Å². The molecule has 0 aliphatic carbocycles. The van der Waals surface area contributed by atoms with Gasteiger partial charge in [0.25, 0.3) is 0 Å². The first kappa shape index (κ1) is 12.3. The first-order valence-electron chi connectivity index (χ1n) is 6.55. The van der Waals surface area contributed by atoms with Gasteiger partial charge in [0, 0.05) is 6.04 Å². The number of aliphatic carboxylic acids is 1. The Labute approximate surface area is 111 Å². The molecule has 102 valence electrons. The van der Waals surface area contributed by atoms with Gasteiger partial charge in [0.05, 0.1) is 0 Å². The zero-order valence-electron chi connectivity index (χ0n) is 10.8. The number of carboxylic acids is 1. The molecular formula is C14H17NO4. The van der Waals surface area contributed by atoms with Crippen molar-refractivity contribution in [3.63, 3.8) is 0 Å². The van der Waals surface area contributed by atoms with Gasteiger partial charge >= 0.3 is 5.97 Å². The van der Waals surface area contributed by atoms with Crippen LogP contribution in [0.25, 0.3) is 0 Å². The Balaban J connectivity index is 1.83. The van der Waals surface area contributed by atoms with Gasteiger partial charge in [-0.05, 0) is 44.0 Å². The topological polar surface area (TPSA) is 59.0 Å². The molecule has 0 amide bonds. The van der Waals surface area contributed by atoms with Crippen LogP contribution in [0.5, 0.6) is 11.5 Å². The minimum atomic E-state index is -0.731. The number of hydrogen-bond acceptors (Lipinski definition) is 4. The van der Waals surface area contributed by atoms with E-state index in [-0.39, 0.29) is 18.9 Å². The molecule has 1 aromatic rings. The van der Waals surface area contributed by atoms with Crippen molar-refractivity contribution in [3.05, 3.63) is 23.8 Å². The summed E-state index contributed by atoms with van der Waals surface area (Å²) in [5.74, 6) is 0.771. The van der Waals surface area contributed by atoms with Crippen molar-refractivity contribution in [3.8, 4) is 11.5 Å². The molecule has 1 aromatic carbocycles. The lowest BCUT2D eigenvalue weighted by Gasteiger charge is -2.28. The van der Waals surface area contributed by atoms with Gasteiger partial charge in [-0.1, -0.05) is 6.07 Å². The summed E-state index contributed by atoms with van der Waals surface area (Å²) in [5.41, 5.74) is 1.07. The average Bonchev–Trinajstić information content (AvgIpc) is 3.05.